The van der Waals surface area contributed by atoms with Crippen LogP contribution in [0.1, 0.15) is 29.7 Å². The Balaban J connectivity index is 1.79. The van der Waals surface area contributed by atoms with Crippen LogP contribution < -0.4 is 16.0 Å². The van der Waals surface area contributed by atoms with E-state index in [1.165, 1.54) is 23.1 Å². The third kappa shape index (κ3) is 3.80. The number of H-pyrrole nitrogens is 1. The number of nitrogens with zero attached hydrogens (tertiary/aromatic N) is 4. The third-order valence-electron chi connectivity index (χ3n) is 5.89. The van der Waals surface area contributed by atoms with E-state index in [9.17, 15) is 14.4 Å². The fourth-order valence-corrected chi connectivity index (χ4v) is 4.06. The van der Waals surface area contributed by atoms with E-state index < -0.39 is 5.82 Å². The van der Waals surface area contributed by atoms with Gasteiger partial charge in [-0.05, 0) is 36.5 Å². The summed E-state index contributed by atoms with van der Waals surface area (Å²) in [6.45, 7) is 0.0929. The quantitative estimate of drug-likeness (QED) is 0.430. The van der Waals surface area contributed by atoms with Crippen LogP contribution in [0.4, 0.5) is 8.78 Å². The molecule has 0 saturated heterocycles. The highest BCUT2D eigenvalue weighted by Gasteiger charge is 2.30. The highest BCUT2D eigenvalue weighted by molar-refractivity contribution is 5.92. The van der Waals surface area contributed by atoms with Crippen molar-refractivity contribution in [1.82, 2.24) is 20.0 Å². The molecule has 1 aliphatic carbocycles. The number of nitriles is 1. The lowest BCUT2D eigenvalue weighted by molar-refractivity contribution is 0.302. The summed E-state index contributed by atoms with van der Waals surface area (Å²) >= 11 is 0. The summed E-state index contributed by atoms with van der Waals surface area (Å²) in [5.41, 5.74) is 6.90. The molecule has 1 aliphatic rings. The molecule has 174 valence electrons. The predicted molar refractivity (Wildman–Crippen MR) is 124 cm³/mol. The number of nitrogens with two attached hydrogens (primary N) is 1. The van der Waals surface area contributed by atoms with Crippen molar-refractivity contribution in [1.29, 1.82) is 5.26 Å². The number of halogens is 2. The summed E-state index contributed by atoms with van der Waals surface area (Å²) in [4.78, 5) is 12.2. The fraction of sp³-hybridized carbons (Fsp3) is 0.200. The standard InChI is InChI=1S/C25H18F2N6O2/c1-33-24(22-18(10-28)21(35-15-3-4-15)9-14(6-7-26)23(22)27)19(12-30-33)13-2-5-16-17(8-13)20(11-29)31-32-25(16)34/h2,5,8-9,12,15H,3-4,11,29H2,1H3,(H,32,34). The van der Waals surface area contributed by atoms with Crippen LogP contribution in [-0.4, -0.2) is 26.1 Å². The first kappa shape index (κ1) is 22.3. The molecule has 35 heavy (non-hydrogen) atoms. The van der Waals surface area contributed by atoms with E-state index in [0.29, 0.717) is 27.6 Å². The molecule has 0 radical (unpaired) electrons. The topological polar surface area (TPSA) is 123 Å². The third-order valence-corrected chi connectivity index (χ3v) is 5.89. The number of aromatic amines is 1. The zero-order chi connectivity index (χ0) is 24.7. The molecule has 3 N–H and O–H groups in total. The van der Waals surface area contributed by atoms with Gasteiger partial charge in [-0.3, -0.25) is 9.48 Å². The van der Waals surface area contributed by atoms with Crippen molar-refractivity contribution in [2.45, 2.75) is 25.5 Å². The largest absolute Gasteiger partial charge is 0.489 e. The Morgan fingerprint density at radius 1 is 1.31 bits per heavy atom. The molecule has 2 aromatic heterocycles. The second kappa shape index (κ2) is 8.67. The van der Waals surface area contributed by atoms with Gasteiger partial charge in [-0.1, -0.05) is 6.07 Å². The van der Waals surface area contributed by atoms with Gasteiger partial charge in [-0.25, -0.2) is 9.49 Å². The van der Waals surface area contributed by atoms with E-state index in [4.69, 9.17) is 10.5 Å². The van der Waals surface area contributed by atoms with Crippen molar-refractivity contribution in [3.63, 3.8) is 0 Å². The maximum absolute atomic E-state index is 15.7. The van der Waals surface area contributed by atoms with Crippen LogP contribution in [0, 0.1) is 29.2 Å². The molecule has 0 amide bonds. The molecule has 0 aliphatic heterocycles. The minimum Gasteiger partial charge on any atom is -0.489 e. The summed E-state index contributed by atoms with van der Waals surface area (Å²) in [6, 6.07) is 8.32. The second-order valence-corrected chi connectivity index (χ2v) is 8.13. The van der Waals surface area contributed by atoms with Gasteiger partial charge < -0.3 is 10.5 Å². The maximum atomic E-state index is 15.7. The first-order chi connectivity index (χ1) is 17.0. The average molecular weight is 472 g/mol. The van der Waals surface area contributed by atoms with Gasteiger partial charge in [0.15, 0.2) is 0 Å². The number of hydrogen-bond acceptors (Lipinski definition) is 6. The Kier molecular flexibility index (Phi) is 5.51. The van der Waals surface area contributed by atoms with Crippen molar-refractivity contribution in [2.24, 2.45) is 12.8 Å². The molecule has 8 nitrogen and oxygen atoms in total. The van der Waals surface area contributed by atoms with Crippen LogP contribution in [0.2, 0.25) is 0 Å². The molecular formula is C25H18F2N6O2. The van der Waals surface area contributed by atoms with Gasteiger partial charge in [0.05, 0.1) is 40.2 Å². The van der Waals surface area contributed by atoms with Crippen molar-refractivity contribution < 1.29 is 13.5 Å². The Labute approximate surface area is 197 Å². The van der Waals surface area contributed by atoms with Gasteiger partial charge in [0, 0.05) is 30.6 Å². The molecule has 2 heterocycles. The van der Waals surface area contributed by atoms with Crippen molar-refractivity contribution in [3.05, 3.63) is 63.5 Å². The van der Waals surface area contributed by atoms with E-state index in [2.05, 4.69) is 21.2 Å². The van der Waals surface area contributed by atoms with Crippen molar-refractivity contribution >= 4 is 10.8 Å². The van der Waals surface area contributed by atoms with Gasteiger partial charge in [0.1, 0.15) is 29.4 Å². The van der Waals surface area contributed by atoms with Crippen molar-refractivity contribution in [2.75, 3.05) is 0 Å². The van der Waals surface area contributed by atoms with Crippen LogP contribution >= 0.6 is 0 Å². The predicted octanol–water partition coefficient (Wildman–Crippen LogP) is 3.28. The van der Waals surface area contributed by atoms with E-state index in [0.717, 1.165) is 12.8 Å². The van der Waals surface area contributed by atoms with E-state index >= 15 is 4.39 Å². The summed E-state index contributed by atoms with van der Waals surface area (Å²) in [5.74, 6) is 1.39. The monoisotopic (exact) mass is 472 g/mol. The molecule has 5 rings (SSSR count). The number of nitrogens with one attached hydrogen (secondary N) is 1. The molecule has 0 bridgehead atoms. The van der Waals surface area contributed by atoms with E-state index in [1.54, 1.807) is 25.2 Å². The molecule has 0 unspecified atom stereocenters. The zero-order valence-electron chi connectivity index (χ0n) is 18.5. The number of hydrogen-bond donors (Lipinski definition) is 2. The lowest BCUT2D eigenvalue weighted by Gasteiger charge is -2.15. The van der Waals surface area contributed by atoms with Gasteiger partial charge in [-0.15, -0.1) is 4.39 Å². The number of ether oxygens (including phenoxy) is 1. The summed E-state index contributed by atoms with van der Waals surface area (Å²) in [6.07, 6.45) is 4.29. The molecule has 10 heteroatoms. The smallest absolute Gasteiger partial charge is 0.272 e. The molecule has 1 fully saturated rings. The molecule has 1 saturated carbocycles. The minimum atomic E-state index is -0.860. The number of aryl methyl sites for hydroxylation is 1. The Hall–Kier alpha value is -4.54. The second-order valence-electron chi connectivity index (χ2n) is 8.13. The van der Waals surface area contributed by atoms with Crippen LogP contribution in [0.5, 0.6) is 5.75 Å². The summed E-state index contributed by atoms with van der Waals surface area (Å²) < 4.78 is 35.9. The van der Waals surface area contributed by atoms with Gasteiger partial charge >= 0.3 is 0 Å². The highest BCUT2D eigenvalue weighted by atomic mass is 19.1. The minimum absolute atomic E-state index is 0.0368. The van der Waals surface area contributed by atoms with Gasteiger partial charge in [-0.2, -0.15) is 15.5 Å². The van der Waals surface area contributed by atoms with Crippen molar-refractivity contribution in [3.8, 4) is 46.3 Å². The van der Waals surface area contributed by atoms with Crippen LogP contribution in [0.25, 0.3) is 33.2 Å². The fourth-order valence-electron chi connectivity index (χ4n) is 4.06. The normalized spacial score (nSPS) is 12.8. The molecule has 4 aromatic rings. The Bertz CT molecular complexity index is 1650. The van der Waals surface area contributed by atoms with Crippen LogP contribution in [0.3, 0.4) is 0 Å². The average Bonchev–Trinajstić information content (AvgIpc) is 3.60. The van der Waals surface area contributed by atoms with E-state index in [-0.39, 0.29) is 46.3 Å². The number of rotatable bonds is 5. The first-order valence-corrected chi connectivity index (χ1v) is 10.8. The Morgan fingerprint density at radius 3 is 2.80 bits per heavy atom. The van der Waals surface area contributed by atoms with Crippen LogP contribution in [-0.2, 0) is 13.6 Å². The lowest BCUT2D eigenvalue weighted by atomic mass is 9.94. The van der Waals surface area contributed by atoms with Gasteiger partial charge in [0.2, 0.25) is 0 Å². The highest BCUT2D eigenvalue weighted by Crippen LogP contribution is 2.41. The Morgan fingerprint density at radius 2 is 2.11 bits per heavy atom. The first-order valence-electron chi connectivity index (χ1n) is 10.8. The lowest BCUT2D eigenvalue weighted by Crippen LogP contribution is -2.13. The molecule has 0 atom stereocenters. The molecule has 2 aromatic carbocycles. The SMILES string of the molecule is Cn1ncc(-c2ccc3c(=O)[nH]nc(CN)c3c2)c1-c1c(F)c(C#CF)cc(OC2CC2)c1C#N. The molecular weight excluding hydrogens is 454 g/mol. The maximum Gasteiger partial charge on any atom is 0.272 e. The summed E-state index contributed by atoms with van der Waals surface area (Å²) in [7, 11) is 1.60. The number of fused-ring (bicyclic) bond motifs is 1. The number of benzene rings is 2. The molecule has 0 spiro atoms. The van der Waals surface area contributed by atoms with Gasteiger partial charge in [0.25, 0.3) is 5.56 Å². The van der Waals surface area contributed by atoms with Crippen LogP contribution in [0.15, 0.2) is 35.3 Å². The zero-order valence-corrected chi connectivity index (χ0v) is 18.5. The van der Waals surface area contributed by atoms with E-state index in [1.807, 2.05) is 6.07 Å². The summed E-state index contributed by atoms with van der Waals surface area (Å²) in [5, 5.41) is 21.6. The number of aromatic nitrogens is 4.